The summed E-state index contributed by atoms with van der Waals surface area (Å²) in [5, 5.41) is 0. The van der Waals surface area contributed by atoms with Crippen LogP contribution >= 0.6 is 23.5 Å². The summed E-state index contributed by atoms with van der Waals surface area (Å²) < 4.78 is 9.98. The zero-order valence-corrected chi connectivity index (χ0v) is 16.1. The molecule has 1 saturated heterocycles. The van der Waals surface area contributed by atoms with Gasteiger partial charge >= 0.3 is 18.0 Å². The average Bonchev–Trinajstić information content (AvgIpc) is 3.04. The number of carbonyl (C=O) groups excluding carboxylic acids is 5. The van der Waals surface area contributed by atoms with Crippen LogP contribution in [-0.4, -0.2) is 66.9 Å². The van der Waals surface area contributed by atoms with Gasteiger partial charge in [-0.1, -0.05) is 23.5 Å². The molecule has 0 spiro atoms. The van der Waals surface area contributed by atoms with Crippen LogP contribution < -0.4 is 0 Å². The molecule has 1 fully saturated rings. The number of likely N-dealkylation sites (N-methyl/N-ethyl adjacent to an activating group) is 2. The lowest BCUT2D eigenvalue weighted by molar-refractivity contribution is -0.140. The highest BCUT2D eigenvalue weighted by molar-refractivity contribution is 8.29. The molecule has 0 aromatic heterocycles. The summed E-state index contributed by atoms with van der Waals surface area (Å²) in [6, 6.07) is -0.762. The van der Waals surface area contributed by atoms with Crippen LogP contribution in [0.15, 0.2) is 19.6 Å². The molecule has 0 bridgehead atoms. The summed E-state index contributed by atoms with van der Waals surface area (Å²) in [6.07, 6.45) is 0. The maximum atomic E-state index is 12.4. The Bertz CT molecular complexity index is 714. The number of thioether (sulfide) groups is 2. The monoisotopic (exact) mass is 400 g/mol. The Hall–Kier alpha value is -2.27. The molecule has 2 rings (SSSR count). The minimum absolute atomic E-state index is 0.0550. The molecule has 11 heteroatoms. The Morgan fingerprint density at radius 1 is 0.846 bits per heavy atom. The van der Waals surface area contributed by atoms with Crippen LogP contribution in [0.4, 0.5) is 4.79 Å². The number of imide groups is 2. The molecule has 0 radical (unpaired) electrons. The lowest BCUT2D eigenvalue weighted by Crippen LogP contribution is -2.53. The Labute approximate surface area is 157 Å². The molecular weight excluding hydrogens is 384 g/mol. The molecule has 0 aromatic carbocycles. The number of carbonyl (C=O) groups is 5. The van der Waals surface area contributed by atoms with Gasteiger partial charge in [-0.05, 0) is 13.8 Å². The van der Waals surface area contributed by atoms with E-state index < -0.39 is 29.8 Å². The quantitative estimate of drug-likeness (QED) is 0.389. The van der Waals surface area contributed by atoms with Crippen molar-refractivity contribution in [2.75, 3.05) is 27.3 Å². The number of amides is 4. The SMILES string of the molecule is CCOC(=O)C1=C(C(=O)OCC)SC(=C2C(=O)N(C)C(=O)N(C)C2=O)S1. The van der Waals surface area contributed by atoms with E-state index in [0.717, 1.165) is 33.3 Å². The van der Waals surface area contributed by atoms with Crippen molar-refractivity contribution >= 4 is 53.3 Å². The fourth-order valence-corrected chi connectivity index (χ4v) is 4.54. The van der Waals surface area contributed by atoms with Crippen molar-refractivity contribution in [3.8, 4) is 0 Å². The fourth-order valence-electron chi connectivity index (χ4n) is 2.06. The summed E-state index contributed by atoms with van der Waals surface area (Å²) in [4.78, 5) is 62.4. The van der Waals surface area contributed by atoms with E-state index in [1.54, 1.807) is 13.8 Å². The van der Waals surface area contributed by atoms with Crippen molar-refractivity contribution in [3.63, 3.8) is 0 Å². The van der Waals surface area contributed by atoms with E-state index in [1.807, 2.05) is 0 Å². The molecule has 4 amide bonds. The summed E-state index contributed by atoms with van der Waals surface area (Å²) in [5.74, 6) is -3.11. The van der Waals surface area contributed by atoms with Crippen molar-refractivity contribution in [1.29, 1.82) is 0 Å². The van der Waals surface area contributed by atoms with Gasteiger partial charge in [0.15, 0.2) is 0 Å². The second-order valence-electron chi connectivity index (χ2n) is 4.98. The van der Waals surface area contributed by atoms with Crippen LogP contribution in [0.3, 0.4) is 0 Å². The van der Waals surface area contributed by atoms with Gasteiger partial charge in [0.2, 0.25) is 0 Å². The van der Waals surface area contributed by atoms with Crippen molar-refractivity contribution in [2.24, 2.45) is 0 Å². The zero-order valence-electron chi connectivity index (χ0n) is 14.5. The van der Waals surface area contributed by atoms with Gasteiger partial charge in [0.05, 0.1) is 17.5 Å². The normalized spacial score (nSPS) is 18.1. The van der Waals surface area contributed by atoms with Crippen molar-refractivity contribution in [1.82, 2.24) is 9.80 Å². The van der Waals surface area contributed by atoms with E-state index in [-0.39, 0.29) is 32.8 Å². The van der Waals surface area contributed by atoms with Gasteiger partial charge < -0.3 is 9.47 Å². The highest BCUT2D eigenvalue weighted by Gasteiger charge is 2.43. The molecule has 140 valence electrons. The maximum absolute atomic E-state index is 12.4. The molecular formula is C15H16N2O7S2. The second-order valence-corrected chi connectivity index (χ2v) is 7.28. The third-order valence-corrected chi connectivity index (χ3v) is 5.89. The summed E-state index contributed by atoms with van der Waals surface area (Å²) in [7, 11) is 2.48. The van der Waals surface area contributed by atoms with Gasteiger partial charge in [0.1, 0.15) is 15.4 Å². The lowest BCUT2D eigenvalue weighted by atomic mass is 10.2. The first kappa shape index (κ1) is 20.0. The number of urea groups is 1. The van der Waals surface area contributed by atoms with Gasteiger partial charge in [-0.2, -0.15) is 0 Å². The minimum atomic E-state index is -0.804. The third kappa shape index (κ3) is 3.49. The molecule has 0 unspecified atom stereocenters. The average molecular weight is 400 g/mol. The number of rotatable bonds is 4. The predicted molar refractivity (Wildman–Crippen MR) is 93.4 cm³/mol. The van der Waals surface area contributed by atoms with E-state index >= 15 is 0 Å². The van der Waals surface area contributed by atoms with E-state index in [9.17, 15) is 24.0 Å². The number of hydrogen-bond donors (Lipinski definition) is 0. The lowest BCUT2D eigenvalue weighted by Gasteiger charge is -2.29. The molecule has 2 aliphatic rings. The third-order valence-electron chi connectivity index (χ3n) is 3.33. The first-order valence-corrected chi connectivity index (χ1v) is 9.16. The number of barbiturate groups is 1. The van der Waals surface area contributed by atoms with Crippen LogP contribution in [0.25, 0.3) is 0 Å². The molecule has 0 aliphatic carbocycles. The molecule has 26 heavy (non-hydrogen) atoms. The Balaban J connectivity index is 2.47. The second kappa shape index (κ2) is 7.96. The van der Waals surface area contributed by atoms with Crippen LogP contribution in [0.5, 0.6) is 0 Å². The molecule has 0 N–H and O–H groups in total. The summed E-state index contributed by atoms with van der Waals surface area (Å²) in [6.45, 7) is 3.40. The molecule has 0 atom stereocenters. The number of hydrogen-bond acceptors (Lipinski definition) is 9. The van der Waals surface area contributed by atoms with Gasteiger partial charge in [0, 0.05) is 14.1 Å². The standard InChI is InChI=1S/C15H16N2O7S2/c1-5-23-12(20)8-9(13(21)24-6-2)26-14(25-8)7-10(18)16(3)15(22)17(4)11(7)19/h5-6H2,1-4H3. The smallest absolute Gasteiger partial charge is 0.346 e. The van der Waals surface area contributed by atoms with Gasteiger partial charge in [-0.3, -0.25) is 19.4 Å². The topological polar surface area (TPSA) is 110 Å². The van der Waals surface area contributed by atoms with Crippen LogP contribution in [0, 0.1) is 0 Å². The molecule has 0 saturated carbocycles. The zero-order chi connectivity index (χ0) is 19.6. The van der Waals surface area contributed by atoms with Gasteiger partial charge in [-0.25, -0.2) is 14.4 Å². The minimum Gasteiger partial charge on any atom is -0.462 e. The van der Waals surface area contributed by atoms with Crippen LogP contribution in [-0.2, 0) is 28.7 Å². The summed E-state index contributed by atoms with van der Waals surface area (Å²) in [5.41, 5.74) is -0.286. The highest BCUT2D eigenvalue weighted by atomic mass is 32.2. The number of esters is 2. The Morgan fingerprint density at radius 2 is 1.23 bits per heavy atom. The highest BCUT2D eigenvalue weighted by Crippen LogP contribution is 2.52. The largest absolute Gasteiger partial charge is 0.462 e. The van der Waals surface area contributed by atoms with Crippen molar-refractivity contribution in [2.45, 2.75) is 13.8 Å². The van der Waals surface area contributed by atoms with Crippen LogP contribution in [0.1, 0.15) is 13.8 Å². The van der Waals surface area contributed by atoms with E-state index in [2.05, 4.69) is 0 Å². The molecule has 9 nitrogen and oxygen atoms in total. The Kier molecular flexibility index (Phi) is 6.13. The molecule has 2 aliphatic heterocycles. The molecule has 0 aromatic rings. The maximum Gasteiger partial charge on any atom is 0.346 e. The Morgan fingerprint density at radius 3 is 1.58 bits per heavy atom. The van der Waals surface area contributed by atoms with Crippen molar-refractivity contribution < 1.29 is 33.4 Å². The van der Waals surface area contributed by atoms with E-state index in [4.69, 9.17) is 9.47 Å². The fraction of sp³-hybridized carbons (Fsp3) is 0.400. The van der Waals surface area contributed by atoms with Gasteiger partial charge in [-0.15, -0.1) is 0 Å². The summed E-state index contributed by atoms with van der Waals surface area (Å²) >= 11 is 1.56. The van der Waals surface area contributed by atoms with Crippen molar-refractivity contribution in [3.05, 3.63) is 19.6 Å². The number of ether oxygens (including phenoxy) is 2. The first-order chi connectivity index (χ1) is 12.2. The van der Waals surface area contributed by atoms with Gasteiger partial charge in [0.25, 0.3) is 11.8 Å². The number of nitrogens with zero attached hydrogens (tertiary/aromatic N) is 2. The first-order valence-electron chi connectivity index (χ1n) is 7.53. The van der Waals surface area contributed by atoms with E-state index in [0.29, 0.717) is 0 Å². The van der Waals surface area contributed by atoms with Crippen LogP contribution in [0.2, 0.25) is 0 Å². The molecule has 2 heterocycles. The van der Waals surface area contributed by atoms with E-state index in [1.165, 1.54) is 14.1 Å². The predicted octanol–water partition coefficient (Wildman–Crippen LogP) is 1.07.